The molecule has 3 aromatic rings. The van der Waals surface area contributed by atoms with Gasteiger partial charge in [0.05, 0.1) is 26.4 Å². The van der Waals surface area contributed by atoms with E-state index in [0.29, 0.717) is 61.1 Å². The summed E-state index contributed by atoms with van der Waals surface area (Å²) in [7, 11) is 0. The molecule has 2 aliphatic heterocycles. The smallest absolute Gasteiger partial charge is 0.323 e. The maximum Gasteiger partial charge on any atom is 0.323 e. The molecule has 39 heavy (non-hydrogen) atoms. The second kappa shape index (κ2) is 12.2. The van der Waals surface area contributed by atoms with E-state index in [1.165, 1.54) is 0 Å². The Labute approximate surface area is 227 Å². The van der Waals surface area contributed by atoms with Crippen molar-refractivity contribution >= 4 is 35.1 Å². The molecule has 11 nitrogen and oxygen atoms in total. The van der Waals surface area contributed by atoms with E-state index < -0.39 is 0 Å². The third kappa shape index (κ3) is 6.68. The molecule has 0 saturated carbocycles. The Balaban J connectivity index is 1.28. The van der Waals surface area contributed by atoms with Gasteiger partial charge in [0, 0.05) is 54.6 Å². The number of ketones is 1. The highest BCUT2D eigenvalue weighted by Gasteiger charge is 2.21. The van der Waals surface area contributed by atoms with Gasteiger partial charge in [-0.1, -0.05) is 13.8 Å². The lowest BCUT2D eigenvalue weighted by molar-refractivity contribution is 0.0939. The van der Waals surface area contributed by atoms with Crippen LogP contribution in [0.1, 0.15) is 24.2 Å². The van der Waals surface area contributed by atoms with Crippen molar-refractivity contribution in [1.29, 1.82) is 0 Å². The van der Waals surface area contributed by atoms with Crippen molar-refractivity contribution in [3.63, 3.8) is 0 Å². The first-order valence-corrected chi connectivity index (χ1v) is 13.2. The molecule has 2 N–H and O–H groups in total. The summed E-state index contributed by atoms with van der Waals surface area (Å²) in [6.07, 6.45) is 0. The molecule has 204 valence electrons. The first-order valence-electron chi connectivity index (χ1n) is 13.2. The molecule has 1 aromatic heterocycles. The molecule has 0 atom stereocenters. The van der Waals surface area contributed by atoms with Crippen LogP contribution in [0.15, 0.2) is 48.5 Å². The number of benzene rings is 2. The lowest BCUT2D eigenvalue weighted by Crippen LogP contribution is -2.40. The molecular formula is C28H33N7O4. The van der Waals surface area contributed by atoms with Gasteiger partial charge in [-0.2, -0.15) is 15.0 Å². The number of nitrogens with one attached hydrogen (secondary N) is 2. The van der Waals surface area contributed by atoms with Gasteiger partial charge in [-0.3, -0.25) is 4.79 Å². The maximum atomic E-state index is 12.5. The normalized spacial score (nSPS) is 15.8. The first kappa shape index (κ1) is 26.5. The summed E-state index contributed by atoms with van der Waals surface area (Å²) in [6, 6.07) is 13.9. The highest BCUT2D eigenvalue weighted by Crippen LogP contribution is 2.24. The predicted octanol–water partition coefficient (Wildman–Crippen LogP) is 3.69. The van der Waals surface area contributed by atoms with Crippen LogP contribution in [0.4, 0.5) is 28.1 Å². The van der Waals surface area contributed by atoms with Gasteiger partial charge in [0.15, 0.2) is 11.6 Å². The van der Waals surface area contributed by atoms with Crippen LogP contribution in [0.25, 0.3) is 11.4 Å². The number of rotatable bonds is 7. The zero-order chi connectivity index (χ0) is 27.2. The topological polar surface area (TPSA) is 122 Å². The van der Waals surface area contributed by atoms with E-state index in [9.17, 15) is 9.59 Å². The summed E-state index contributed by atoms with van der Waals surface area (Å²) in [4.78, 5) is 43.2. The lowest BCUT2D eigenvalue weighted by atomic mass is 10.0. The molecule has 0 unspecified atom stereocenters. The number of aromatic nitrogens is 3. The summed E-state index contributed by atoms with van der Waals surface area (Å²) in [5, 5.41) is 5.63. The molecule has 0 radical (unpaired) electrons. The highest BCUT2D eigenvalue weighted by atomic mass is 16.5. The van der Waals surface area contributed by atoms with E-state index in [2.05, 4.69) is 20.4 Å². The first-order chi connectivity index (χ1) is 19.0. The minimum atomic E-state index is -0.380. The van der Waals surface area contributed by atoms with E-state index in [0.717, 1.165) is 31.7 Å². The van der Waals surface area contributed by atoms with Gasteiger partial charge < -0.3 is 29.9 Å². The number of carbonyl (C=O) groups excluding carboxylic acids is 2. The predicted molar refractivity (Wildman–Crippen MR) is 150 cm³/mol. The maximum absolute atomic E-state index is 12.5. The minimum absolute atomic E-state index is 0.0680. The number of anilines is 4. The minimum Gasteiger partial charge on any atom is -0.378 e. The van der Waals surface area contributed by atoms with Crippen LogP contribution in [-0.2, 0) is 9.47 Å². The number of hydrogen-bond donors (Lipinski definition) is 2. The molecule has 5 rings (SSSR count). The van der Waals surface area contributed by atoms with Crippen molar-refractivity contribution in [3.8, 4) is 11.4 Å². The molecule has 2 aromatic carbocycles. The third-order valence-electron chi connectivity index (χ3n) is 6.55. The van der Waals surface area contributed by atoms with Gasteiger partial charge in [0.2, 0.25) is 11.9 Å². The van der Waals surface area contributed by atoms with Gasteiger partial charge >= 0.3 is 6.03 Å². The van der Waals surface area contributed by atoms with Gasteiger partial charge in [0.25, 0.3) is 0 Å². The number of hydrogen-bond acceptors (Lipinski definition) is 9. The van der Waals surface area contributed by atoms with Crippen LogP contribution in [0, 0.1) is 5.92 Å². The van der Waals surface area contributed by atoms with Crippen LogP contribution in [-0.4, -0.2) is 79.4 Å². The van der Waals surface area contributed by atoms with Gasteiger partial charge in [-0.15, -0.1) is 0 Å². The quantitative estimate of drug-likeness (QED) is 0.440. The van der Waals surface area contributed by atoms with Crippen molar-refractivity contribution in [3.05, 3.63) is 54.1 Å². The van der Waals surface area contributed by atoms with Crippen LogP contribution in [0.3, 0.4) is 0 Å². The average Bonchev–Trinajstić information content (AvgIpc) is 2.98. The molecule has 2 fully saturated rings. The fourth-order valence-corrected chi connectivity index (χ4v) is 4.34. The fourth-order valence-electron chi connectivity index (χ4n) is 4.34. The molecule has 2 saturated heterocycles. The van der Waals surface area contributed by atoms with E-state index in [-0.39, 0.29) is 17.7 Å². The monoisotopic (exact) mass is 531 g/mol. The van der Waals surface area contributed by atoms with Crippen LogP contribution in [0.2, 0.25) is 0 Å². The molecular weight excluding hydrogens is 498 g/mol. The Bertz CT molecular complexity index is 1250. The SMILES string of the molecule is CC(C)C(=O)c1ccc(NC(=O)Nc2ccc(-c3nc(N4CCOCC4)nc(N4CCOCC4)n3)cc2)cc1. The molecule has 2 aliphatic rings. The largest absolute Gasteiger partial charge is 0.378 e. The molecule has 0 bridgehead atoms. The molecule has 11 heteroatoms. The van der Waals surface area contributed by atoms with Crippen molar-refractivity contribution in [2.75, 3.05) is 73.0 Å². The number of Topliss-reactive ketones (excluding diaryl/α,β-unsaturated/α-hetero) is 1. The van der Waals surface area contributed by atoms with Crippen molar-refractivity contribution in [2.45, 2.75) is 13.8 Å². The second-order valence-electron chi connectivity index (χ2n) is 9.71. The van der Waals surface area contributed by atoms with Gasteiger partial charge in [-0.25, -0.2) is 4.79 Å². The number of nitrogens with zero attached hydrogens (tertiary/aromatic N) is 5. The van der Waals surface area contributed by atoms with Gasteiger partial charge in [0.1, 0.15) is 0 Å². The number of carbonyl (C=O) groups is 2. The van der Waals surface area contributed by atoms with Crippen LogP contribution >= 0.6 is 0 Å². The number of morpholine rings is 2. The Morgan fingerprint density at radius 2 is 1.18 bits per heavy atom. The van der Waals surface area contributed by atoms with Crippen LogP contribution < -0.4 is 20.4 Å². The number of urea groups is 1. The standard InChI is InChI=1S/C28H33N7O4/c1-19(2)24(36)20-3-7-22(8-4-20)29-28(37)30-23-9-5-21(6-10-23)25-31-26(34-11-15-38-16-12-34)33-27(32-25)35-13-17-39-18-14-35/h3-10,19H,11-18H2,1-2H3,(H2,29,30,37). The summed E-state index contributed by atoms with van der Waals surface area (Å²) in [5.74, 6) is 1.82. The number of ether oxygens (including phenoxy) is 2. The van der Waals surface area contributed by atoms with Gasteiger partial charge in [-0.05, 0) is 48.5 Å². The van der Waals surface area contributed by atoms with E-state index in [1.807, 2.05) is 38.1 Å². The van der Waals surface area contributed by atoms with E-state index >= 15 is 0 Å². The average molecular weight is 532 g/mol. The second-order valence-corrected chi connectivity index (χ2v) is 9.71. The number of amides is 2. The summed E-state index contributed by atoms with van der Waals surface area (Å²) < 4.78 is 11.0. The van der Waals surface area contributed by atoms with E-state index in [1.54, 1.807) is 24.3 Å². The molecule has 0 spiro atoms. The van der Waals surface area contributed by atoms with Crippen molar-refractivity contribution < 1.29 is 19.1 Å². The molecule has 0 aliphatic carbocycles. The van der Waals surface area contributed by atoms with Crippen molar-refractivity contribution in [2.24, 2.45) is 5.92 Å². The lowest BCUT2D eigenvalue weighted by Gasteiger charge is -2.30. The molecule has 3 heterocycles. The van der Waals surface area contributed by atoms with Crippen molar-refractivity contribution in [1.82, 2.24) is 15.0 Å². The molecule has 2 amide bonds. The zero-order valence-electron chi connectivity index (χ0n) is 22.2. The summed E-state index contributed by atoms with van der Waals surface area (Å²) in [6.45, 7) is 9.16. The highest BCUT2D eigenvalue weighted by molar-refractivity contribution is 6.01. The Kier molecular flexibility index (Phi) is 8.28. The fraction of sp³-hybridized carbons (Fsp3) is 0.393. The Morgan fingerprint density at radius 3 is 1.64 bits per heavy atom. The van der Waals surface area contributed by atoms with E-state index in [4.69, 9.17) is 24.4 Å². The summed E-state index contributed by atoms with van der Waals surface area (Å²) in [5.41, 5.74) is 2.66. The third-order valence-corrected chi connectivity index (χ3v) is 6.55. The summed E-state index contributed by atoms with van der Waals surface area (Å²) >= 11 is 0. The van der Waals surface area contributed by atoms with Crippen LogP contribution in [0.5, 0.6) is 0 Å². The Morgan fingerprint density at radius 1 is 0.718 bits per heavy atom. The Hall–Kier alpha value is -4.09. The zero-order valence-corrected chi connectivity index (χ0v) is 22.2.